The second kappa shape index (κ2) is 4.02. The van der Waals surface area contributed by atoms with Crippen molar-refractivity contribution >= 4 is 5.91 Å². The molecule has 3 aliphatic rings. The van der Waals surface area contributed by atoms with Crippen LogP contribution in [0.15, 0.2) is 0 Å². The number of ether oxygens (including phenoxy) is 1. The van der Waals surface area contributed by atoms with Gasteiger partial charge in [-0.3, -0.25) is 4.79 Å². The summed E-state index contributed by atoms with van der Waals surface area (Å²) in [6, 6.07) is 0. The monoisotopic (exact) mass is 223 g/mol. The maximum Gasteiger partial charge on any atom is 0.225 e. The van der Waals surface area contributed by atoms with Crippen molar-refractivity contribution in [2.75, 3.05) is 19.7 Å². The Morgan fingerprint density at radius 3 is 2.56 bits per heavy atom. The summed E-state index contributed by atoms with van der Waals surface area (Å²) >= 11 is 0. The van der Waals surface area contributed by atoms with Gasteiger partial charge in [-0.25, -0.2) is 0 Å². The quantitative estimate of drug-likeness (QED) is 0.716. The number of carbonyl (C=O) groups is 1. The zero-order chi connectivity index (χ0) is 11.0. The van der Waals surface area contributed by atoms with Crippen LogP contribution in [0.2, 0.25) is 0 Å². The van der Waals surface area contributed by atoms with Crippen LogP contribution in [0.1, 0.15) is 44.9 Å². The van der Waals surface area contributed by atoms with Crippen LogP contribution in [0.25, 0.3) is 0 Å². The van der Waals surface area contributed by atoms with Gasteiger partial charge in [-0.1, -0.05) is 0 Å². The van der Waals surface area contributed by atoms with Gasteiger partial charge in [0.05, 0.1) is 12.5 Å². The molecule has 16 heavy (non-hydrogen) atoms. The predicted octanol–water partition coefficient (Wildman–Crippen LogP) is 1.96. The first-order chi connectivity index (χ1) is 7.77. The van der Waals surface area contributed by atoms with E-state index in [2.05, 4.69) is 4.90 Å². The fourth-order valence-corrected chi connectivity index (χ4v) is 3.04. The largest absolute Gasteiger partial charge is 0.378 e. The molecule has 1 amide bonds. The van der Waals surface area contributed by atoms with E-state index in [4.69, 9.17) is 4.74 Å². The van der Waals surface area contributed by atoms with Crippen LogP contribution in [0, 0.1) is 5.41 Å². The second-order valence-electron chi connectivity index (χ2n) is 5.72. The summed E-state index contributed by atoms with van der Waals surface area (Å²) in [5, 5.41) is 0. The van der Waals surface area contributed by atoms with E-state index in [1.165, 1.54) is 25.7 Å². The molecule has 2 saturated heterocycles. The van der Waals surface area contributed by atoms with Crippen LogP contribution < -0.4 is 0 Å². The summed E-state index contributed by atoms with van der Waals surface area (Å²) in [4.78, 5) is 14.1. The van der Waals surface area contributed by atoms with Crippen molar-refractivity contribution in [2.24, 2.45) is 5.41 Å². The van der Waals surface area contributed by atoms with E-state index in [1.807, 2.05) is 0 Å². The van der Waals surface area contributed by atoms with E-state index in [0.29, 0.717) is 17.7 Å². The van der Waals surface area contributed by atoms with Gasteiger partial charge in [0.2, 0.25) is 5.91 Å². The van der Waals surface area contributed by atoms with Crippen LogP contribution in [0.3, 0.4) is 0 Å². The summed E-state index contributed by atoms with van der Waals surface area (Å²) in [6.45, 7) is 2.83. The van der Waals surface area contributed by atoms with Gasteiger partial charge >= 0.3 is 0 Å². The normalized spacial score (nSPS) is 32.0. The van der Waals surface area contributed by atoms with E-state index < -0.39 is 0 Å². The third-order valence-corrected chi connectivity index (χ3v) is 4.56. The van der Waals surface area contributed by atoms with Crippen LogP contribution in [-0.4, -0.2) is 36.6 Å². The van der Waals surface area contributed by atoms with E-state index in [9.17, 15) is 4.79 Å². The van der Waals surface area contributed by atoms with Crippen LogP contribution in [-0.2, 0) is 9.53 Å². The number of hydrogen-bond acceptors (Lipinski definition) is 2. The lowest BCUT2D eigenvalue weighted by Gasteiger charge is -2.32. The lowest BCUT2D eigenvalue weighted by Crippen LogP contribution is -2.40. The van der Waals surface area contributed by atoms with Crippen LogP contribution in [0.4, 0.5) is 0 Å². The maximum atomic E-state index is 12.0. The standard InChI is InChI=1S/C13H21NO2/c15-12(10-11-2-1-9-16-11)14-7-5-13(3-4-13)6-8-14/h11H,1-10H2. The Hall–Kier alpha value is -0.570. The Kier molecular flexibility index (Phi) is 2.66. The Morgan fingerprint density at radius 2 is 2.00 bits per heavy atom. The second-order valence-corrected chi connectivity index (χ2v) is 5.72. The average molecular weight is 223 g/mol. The Bertz CT molecular complexity index is 270. The number of amides is 1. The van der Waals surface area contributed by atoms with Crippen molar-refractivity contribution in [3.8, 4) is 0 Å². The molecule has 3 nitrogen and oxygen atoms in total. The third-order valence-electron chi connectivity index (χ3n) is 4.56. The minimum absolute atomic E-state index is 0.212. The van der Waals surface area contributed by atoms with Gasteiger partial charge in [-0.05, 0) is 43.9 Å². The minimum Gasteiger partial charge on any atom is -0.378 e. The van der Waals surface area contributed by atoms with Gasteiger partial charge in [0.1, 0.15) is 0 Å². The molecule has 1 atom stereocenters. The zero-order valence-corrected chi connectivity index (χ0v) is 9.91. The van der Waals surface area contributed by atoms with Crippen molar-refractivity contribution < 1.29 is 9.53 Å². The van der Waals surface area contributed by atoms with E-state index in [-0.39, 0.29) is 6.10 Å². The van der Waals surface area contributed by atoms with Crippen molar-refractivity contribution in [2.45, 2.75) is 51.0 Å². The number of piperidine rings is 1. The molecule has 3 rings (SSSR count). The number of nitrogens with zero attached hydrogens (tertiary/aromatic N) is 1. The van der Waals surface area contributed by atoms with Crippen molar-refractivity contribution in [1.82, 2.24) is 4.90 Å². The molecule has 0 radical (unpaired) electrons. The molecular weight excluding hydrogens is 202 g/mol. The summed E-state index contributed by atoms with van der Waals surface area (Å²) in [7, 11) is 0. The summed E-state index contributed by atoms with van der Waals surface area (Å²) < 4.78 is 5.52. The first-order valence-electron chi connectivity index (χ1n) is 6.67. The molecule has 0 aromatic carbocycles. The summed E-state index contributed by atoms with van der Waals surface area (Å²) in [5.41, 5.74) is 0.667. The fourth-order valence-electron chi connectivity index (χ4n) is 3.04. The highest BCUT2D eigenvalue weighted by atomic mass is 16.5. The van der Waals surface area contributed by atoms with Crippen molar-refractivity contribution in [3.63, 3.8) is 0 Å². The molecule has 0 aromatic heterocycles. The highest BCUT2D eigenvalue weighted by Crippen LogP contribution is 2.53. The van der Waals surface area contributed by atoms with E-state index in [1.54, 1.807) is 0 Å². The predicted molar refractivity (Wildman–Crippen MR) is 61.1 cm³/mol. The molecule has 90 valence electrons. The highest BCUT2D eigenvalue weighted by molar-refractivity contribution is 5.76. The van der Waals surface area contributed by atoms with Crippen LogP contribution in [0.5, 0.6) is 0 Å². The number of rotatable bonds is 2. The fraction of sp³-hybridized carbons (Fsp3) is 0.923. The molecule has 0 aromatic rings. The number of likely N-dealkylation sites (tertiary alicyclic amines) is 1. The average Bonchev–Trinajstić information content (AvgIpc) is 2.85. The first-order valence-corrected chi connectivity index (χ1v) is 6.67. The molecule has 0 N–H and O–H groups in total. The van der Waals surface area contributed by atoms with Crippen molar-refractivity contribution in [3.05, 3.63) is 0 Å². The lowest BCUT2D eigenvalue weighted by molar-refractivity contribution is -0.135. The van der Waals surface area contributed by atoms with E-state index in [0.717, 1.165) is 32.5 Å². The molecule has 2 aliphatic heterocycles. The van der Waals surface area contributed by atoms with Gasteiger partial charge < -0.3 is 9.64 Å². The highest BCUT2D eigenvalue weighted by Gasteiger charge is 2.45. The summed E-state index contributed by atoms with van der Waals surface area (Å²) in [6.07, 6.45) is 8.32. The molecule has 1 spiro atoms. The molecule has 3 heteroatoms. The molecule has 0 bridgehead atoms. The van der Waals surface area contributed by atoms with Gasteiger partial charge in [-0.2, -0.15) is 0 Å². The van der Waals surface area contributed by atoms with Gasteiger partial charge in [0, 0.05) is 19.7 Å². The molecule has 3 fully saturated rings. The SMILES string of the molecule is O=C(CC1CCCO1)N1CCC2(CC1)CC2. The number of hydrogen-bond donors (Lipinski definition) is 0. The van der Waals surface area contributed by atoms with E-state index >= 15 is 0 Å². The van der Waals surface area contributed by atoms with Gasteiger partial charge in [0.15, 0.2) is 0 Å². The van der Waals surface area contributed by atoms with Crippen LogP contribution >= 0.6 is 0 Å². The Morgan fingerprint density at radius 1 is 1.25 bits per heavy atom. The van der Waals surface area contributed by atoms with Crippen molar-refractivity contribution in [1.29, 1.82) is 0 Å². The molecular formula is C13H21NO2. The molecule has 2 heterocycles. The maximum absolute atomic E-state index is 12.0. The number of carbonyl (C=O) groups excluding carboxylic acids is 1. The van der Waals surface area contributed by atoms with Gasteiger partial charge in [0.25, 0.3) is 0 Å². The lowest BCUT2D eigenvalue weighted by atomic mass is 9.93. The Balaban J connectivity index is 1.47. The molecule has 1 saturated carbocycles. The topological polar surface area (TPSA) is 29.5 Å². The van der Waals surface area contributed by atoms with Gasteiger partial charge in [-0.15, -0.1) is 0 Å². The molecule has 1 aliphatic carbocycles. The molecule has 1 unspecified atom stereocenters. The Labute approximate surface area is 97.1 Å². The first kappa shape index (κ1) is 10.6. The smallest absolute Gasteiger partial charge is 0.225 e. The summed E-state index contributed by atoms with van der Waals surface area (Å²) in [5.74, 6) is 0.322. The minimum atomic E-state index is 0.212. The third kappa shape index (κ3) is 2.10. The zero-order valence-electron chi connectivity index (χ0n) is 9.91.